The van der Waals surface area contributed by atoms with Gasteiger partial charge in [-0.3, -0.25) is 0 Å². The first kappa shape index (κ1) is 9.28. The van der Waals surface area contributed by atoms with Crippen molar-refractivity contribution in [3.63, 3.8) is 0 Å². The molecule has 0 saturated carbocycles. The predicted molar refractivity (Wildman–Crippen MR) is 61.1 cm³/mol. The van der Waals surface area contributed by atoms with E-state index in [1.54, 1.807) is 6.20 Å². The van der Waals surface area contributed by atoms with Crippen molar-refractivity contribution in [3.05, 3.63) is 35.6 Å². The lowest BCUT2D eigenvalue weighted by Crippen LogP contribution is -2.08. The van der Waals surface area contributed by atoms with Crippen LogP contribution < -0.4 is 4.90 Å². The number of anilines is 1. The summed E-state index contributed by atoms with van der Waals surface area (Å²) in [6, 6.07) is 8.13. The van der Waals surface area contributed by atoms with E-state index in [4.69, 9.17) is 11.6 Å². The van der Waals surface area contributed by atoms with Gasteiger partial charge in [-0.05, 0) is 23.6 Å². The van der Waals surface area contributed by atoms with Crippen LogP contribution in [0.1, 0.15) is 0 Å². The molecule has 2 rings (SSSR count). The third-order valence-corrected chi connectivity index (χ3v) is 2.52. The van der Waals surface area contributed by atoms with E-state index in [2.05, 4.69) is 17.1 Å². The molecule has 0 fully saturated rings. The van der Waals surface area contributed by atoms with Crippen LogP contribution in [-0.4, -0.2) is 19.1 Å². The molecular weight excluding hydrogens is 196 g/mol. The van der Waals surface area contributed by atoms with Crippen molar-refractivity contribution < 1.29 is 0 Å². The molecule has 0 bridgehead atoms. The Morgan fingerprint density at radius 3 is 2.71 bits per heavy atom. The maximum atomic E-state index is 6.00. The van der Waals surface area contributed by atoms with Gasteiger partial charge in [0.15, 0.2) is 0 Å². The van der Waals surface area contributed by atoms with Gasteiger partial charge in [-0.2, -0.15) is 0 Å². The van der Waals surface area contributed by atoms with Gasteiger partial charge in [0.1, 0.15) is 5.15 Å². The van der Waals surface area contributed by atoms with Crippen LogP contribution in [-0.2, 0) is 0 Å². The van der Waals surface area contributed by atoms with Crippen LogP contribution in [0, 0.1) is 0 Å². The lowest BCUT2D eigenvalue weighted by Gasteiger charge is -2.13. The highest BCUT2D eigenvalue weighted by Gasteiger charge is 2.01. The van der Waals surface area contributed by atoms with Crippen molar-refractivity contribution in [2.45, 2.75) is 0 Å². The number of nitrogens with zero attached hydrogens (tertiary/aromatic N) is 2. The third kappa shape index (κ3) is 1.53. The summed E-state index contributed by atoms with van der Waals surface area (Å²) in [5.41, 5.74) is 1.13. The summed E-state index contributed by atoms with van der Waals surface area (Å²) in [5, 5.41) is 2.68. The van der Waals surface area contributed by atoms with Crippen molar-refractivity contribution in [2.24, 2.45) is 0 Å². The molecule has 0 N–H and O–H groups in total. The van der Waals surface area contributed by atoms with Gasteiger partial charge in [0.2, 0.25) is 0 Å². The van der Waals surface area contributed by atoms with Crippen LogP contribution >= 0.6 is 11.6 Å². The zero-order chi connectivity index (χ0) is 10.1. The smallest absolute Gasteiger partial charge is 0.136 e. The summed E-state index contributed by atoms with van der Waals surface area (Å²) < 4.78 is 0. The van der Waals surface area contributed by atoms with E-state index in [0.29, 0.717) is 5.15 Å². The third-order valence-electron chi connectivity index (χ3n) is 2.22. The lowest BCUT2D eigenvalue weighted by molar-refractivity contribution is 1.13. The average molecular weight is 207 g/mol. The molecule has 0 unspecified atom stereocenters. The van der Waals surface area contributed by atoms with Gasteiger partial charge in [-0.25, -0.2) is 4.98 Å². The number of rotatable bonds is 1. The molecule has 0 aliphatic carbocycles. The highest BCUT2D eigenvalue weighted by atomic mass is 35.5. The Morgan fingerprint density at radius 1 is 1.21 bits per heavy atom. The van der Waals surface area contributed by atoms with E-state index < -0.39 is 0 Å². The van der Waals surface area contributed by atoms with Crippen molar-refractivity contribution in [1.82, 2.24) is 4.98 Å². The Kier molecular flexibility index (Phi) is 2.30. The first-order chi connectivity index (χ1) is 6.68. The normalized spacial score (nSPS) is 10.5. The highest BCUT2D eigenvalue weighted by Crippen LogP contribution is 2.25. The SMILES string of the molecule is CN(C)c1ccc2ccnc(Cl)c2c1. The molecular formula is C11H11ClN2. The van der Waals surface area contributed by atoms with Crippen LogP contribution in [0.4, 0.5) is 5.69 Å². The molecule has 14 heavy (non-hydrogen) atoms. The lowest BCUT2D eigenvalue weighted by atomic mass is 10.1. The molecule has 2 nitrogen and oxygen atoms in total. The zero-order valence-electron chi connectivity index (χ0n) is 8.16. The Bertz CT molecular complexity index is 466. The Morgan fingerprint density at radius 2 is 2.00 bits per heavy atom. The molecule has 3 heteroatoms. The molecule has 0 saturated heterocycles. The van der Waals surface area contributed by atoms with Crippen molar-refractivity contribution in [2.75, 3.05) is 19.0 Å². The summed E-state index contributed by atoms with van der Waals surface area (Å²) in [6.45, 7) is 0. The largest absolute Gasteiger partial charge is 0.378 e. The van der Waals surface area contributed by atoms with Crippen LogP contribution in [0.2, 0.25) is 5.15 Å². The van der Waals surface area contributed by atoms with Crippen LogP contribution in [0.25, 0.3) is 10.8 Å². The van der Waals surface area contributed by atoms with Crippen molar-refractivity contribution >= 4 is 28.1 Å². The molecule has 0 aliphatic rings. The molecule has 0 radical (unpaired) electrons. The summed E-state index contributed by atoms with van der Waals surface area (Å²) in [5.74, 6) is 0. The first-order valence-corrected chi connectivity index (χ1v) is 4.78. The molecule has 72 valence electrons. The highest BCUT2D eigenvalue weighted by molar-refractivity contribution is 6.34. The minimum atomic E-state index is 0.561. The second-order valence-corrected chi connectivity index (χ2v) is 3.76. The molecule has 0 aliphatic heterocycles. The topological polar surface area (TPSA) is 16.1 Å². The van der Waals surface area contributed by atoms with Gasteiger partial charge in [0.25, 0.3) is 0 Å². The molecule has 1 aromatic heterocycles. The van der Waals surface area contributed by atoms with E-state index in [1.165, 1.54) is 0 Å². The number of aromatic nitrogens is 1. The van der Waals surface area contributed by atoms with Crippen LogP contribution in [0.15, 0.2) is 30.5 Å². The van der Waals surface area contributed by atoms with Crippen LogP contribution in [0.5, 0.6) is 0 Å². The predicted octanol–water partition coefficient (Wildman–Crippen LogP) is 2.95. The van der Waals surface area contributed by atoms with E-state index in [-0.39, 0.29) is 0 Å². The fourth-order valence-corrected chi connectivity index (χ4v) is 1.62. The summed E-state index contributed by atoms with van der Waals surface area (Å²) >= 11 is 6.00. The molecule has 2 aromatic rings. The van der Waals surface area contributed by atoms with Gasteiger partial charge >= 0.3 is 0 Å². The summed E-state index contributed by atoms with van der Waals surface area (Å²) in [6.07, 6.45) is 1.72. The number of halogens is 1. The zero-order valence-corrected chi connectivity index (χ0v) is 8.92. The molecule has 0 amide bonds. The quantitative estimate of drug-likeness (QED) is 0.667. The molecule has 0 atom stereocenters. The van der Waals surface area contributed by atoms with Crippen molar-refractivity contribution in [1.29, 1.82) is 0 Å². The summed E-state index contributed by atoms with van der Waals surface area (Å²) in [7, 11) is 4.01. The molecule has 1 aromatic carbocycles. The average Bonchev–Trinajstić information content (AvgIpc) is 2.18. The number of fused-ring (bicyclic) bond motifs is 1. The van der Waals surface area contributed by atoms with Gasteiger partial charge in [0, 0.05) is 31.4 Å². The van der Waals surface area contributed by atoms with E-state index in [1.807, 2.05) is 31.1 Å². The number of pyridine rings is 1. The van der Waals surface area contributed by atoms with Gasteiger partial charge in [-0.1, -0.05) is 17.7 Å². The maximum absolute atomic E-state index is 6.00. The fourth-order valence-electron chi connectivity index (χ4n) is 1.40. The van der Waals surface area contributed by atoms with E-state index in [9.17, 15) is 0 Å². The minimum Gasteiger partial charge on any atom is -0.378 e. The first-order valence-electron chi connectivity index (χ1n) is 4.40. The maximum Gasteiger partial charge on any atom is 0.136 e. The molecule has 0 spiro atoms. The van der Waals surface area contributed by atoms with Crippen molar-refractivity contribution in [3.8, 4) is 0 Å². The monoisotopic (exact) mass is 206 g/mol. The number of hydrogen-bond acceptors (Lipinski definition) is 2. The number of benzene rings is 1. The molecule has 1 heterocycles. The van der Waals surface area contributed by atoms with Crippen LogP contribution in [0.3, 0.4) is 0 Å². The van der Waals surface area contributed by atoms with Gasteiger partial charge in [0.05, 0.1) is 0 Å². The fraction of sp³-hybridized carbons (Fsp3) is 0.182. The second-order valence-electron chi connectivity index (χ2n) is 3.40. The minimum absolute atomic E-state index is 0.561. The van der Waals surface area contributed by atoms with Gasteiger partial charge in [-0.15, -0.1) is 0 Å². The van der Waals surface area contributed by atoms with E-state index >= 15 is 0 Å². The Hall–Kier alpha value is -1.28. The van der Waals surface area contributed by atoms with Gasteiger partial charge < -0.3 is 4.90 Å². The Labute approximate surface area is 88.1 Å². The Balaban J connectivity index is 2.70. The number of hydrogen-bond donors (Lipinski definition) is 0. The van der Waals surface area contributed by atoms with E-state index in [0.717, 1.165) is 16.5 Å². The summed E-state index contributed by atoms with van der Waals surface area (Å²) in [4.78, 5) is 6.10. The second kappa shape index (κ2) is 3.46. The standard InChI is InChI=1S/C11H11ClN2/c1-14(2)9-4-3-8-5-6-13-11(12)10(8)7-9/h3-7H,1-2H3.